The summed E-state index contributed by atoms with van der Waals surface area (Å²) in [6.07, 6.45) is 0.766. The van der Waals surface area contributed by atoms with Gasteiger partial charge in [-0.05, 0) is 91.6 Å². The number of aryl methyl sites for hydroxylation is 1. The minimum absolute atomic E-state index is 0.0311. The van der Waals surface area contributed by atoms with Crippen molar-refractivity contribution in [2.24, 2.45) is 0 Å². The number of fused-ring (bicyclic) bond motifs is 1. The highest BCUT2D eigenvalue weighted by Crippen LogP contribution is 2.29. The number of ether oxygens (including phenoxy) is 1. The molecule has 0 bridgehead atoms. The molecule has 0 saturated carbocycles. The summed E-state index contributed by atoms with van der Waals surface area (Å²) in [4.78, 5) is 42.9. The lowest BCUT2D eigenvalue weighted by atomic mass is 9.98. The fourth-order valence-corrected chi connectivity index (χ4v) is 4.98. The number of phenolic OH excluding ortho intramolecular Hbond substituents is 2. The van der Waals surface area contributed by atoms with Crippen LogP contribution in [0, 0.1) is 6.92 Å². The lowest BCUT2D eigenvalue weighted by Crippen LogP contribution is -2.53. The molecule has 9 heteroatoms. The highest BCUT2D eigenvalue weighted by Gasteiger charge is 2.36. The van der Waals surface area contributed by atoms with Crippen molar-refractivity contribution < 1.29 is 29.3 Å². The molecule has 0 aliphatic carbocycles. The number of nitrogens with one attached hydrogen (secondary N) is 2. The molecule has 2 atom stereocenters. The topological polar surface area (TPSA) is 128 Å². The van der Waals surface area contributed by atoms with Crippen LogP contribution in [-0.4, -0.2) is 51.2 Å². The SMILES string of the molecule is C=CCN(C(=O)C(Cc1ccc(O)cc1)NC(=O)OC(C)(C)C)C(C(=O)Nc1ccc2ccccc2c1)c1ccc(O)c(C)c1. The maximum absolute atomic E-state index is 14.4. The molecular weight excluding hydrogens is 570 g/mol. The lowest BCUT2D eigenvalue weighted by Gasteiger charge is -2.34. The maximum atomic E-state index is 14.4. The third kappa shape index (κ3) is 8.63. The van der Waals surface area contributed by atoms with Crippen molar-refractivity contribution in [1.82, 2.24) is 10.2 Å². The van der Waals surface area contributed by atoms with E-state index in [0.29, 0.717) is 22.4 Å². The van der Waals surface area contributed by atoms with Gasteiger partial charge in [0.1, 0.15) is 29.2 Å². The van der Waals surface area contributed by atoms with Crippen LogP contribution in [0.25, 0.3) is 10.8 Å². The minimum atomic E-state index is -1.16. The number of carbonyl (C=O) groups is 3. The Morgan fingerprint density at radius 3 is 2.27 bits per heavy atom. The lowest BCUT2D eigenvalue weighted by molar-refractivity contribution is -0.140. The van der Waals surface area contributed by atoms with Gasteiger partial charge in [-0.25, -0.2) is 4.79 Å². The summed E-state index contributed by atoms with van der Waals surface area (Å²) in [5, 5.41) is 27.6. The fraction of sp³-hybridized carbons (Fsp3) is 0.250. The number of carbonyl (C=O) groups excluding carboxylic acids is 3. The summed E-state index contributed by atoms with van der Waals surface area (Å²) in [5.74, 6) is -0.946. The van der Waals surface area contributed by atoms with Gasteiger partial charge in [-0.2, -0.15) is 0 Å². The number of nitrogens with zero attached hydrogens (tertiary/aromatic N) is 1. The molecule has 4 rings (SSSR count). The van der Waals surface area contributed by atoms with Crippen LogP contribution in [0.15, 0.2) is 97.6 Å². The van der Waals surface area contributed by atoms with Gasteiger partial charge in [-0.15, -0.1) is 6.58 Å². The number of hydrogen-bond acceptors (Lipinski definition) is 6. The largest absolute Gasteiger partial charge is 0.508 e. The van der Waals surface area contributed by atoms with E-state index in [4.69, 9.17) is 4.74 Å². The first-order valence-electron chi connectivity index (χ1n) is 14.6. The summed E-state index contributed by atoms with van der Waals surface area (Å²) < 4.78 is 5.46. The highest BCUT2D eigenvalue weighted by atomic mass is 16.6. The fourth-order valence-electron chi connectivity index (χ4n) is 4.98. The highest BCUT2D eigenvalue weighted by molar-refractivity contribution is 6.00. The van der Waals surface area contributed by atoms with Gasteiger partial charge < -0.3 is 30.5 Å². The van der Waals surface area contributed by atoms with E-state index in [1.807, 2.05) is 36.4 Å². The maximum Gasteiger partial charge on any atom is 0.408 e. The zero-order valence-corrected chi connectivity index (χ0v) is 25.9. The number of anilines is 1. The third-order valence-electron chi connectivity index (χ3n) is 7.09. The molecule has 0 radical (unpaired) electrons. The van der Waals surface area contributed by atoms with E-state index in [1.54, 1.807) is 58.0 Å². The molecule has 0 aliphatic heterocycles. The van der Waals surface area contributed by atoms with Crippen LogP contribution in [0.5, 0.6) is 11.5 Å². The molecule has 0 heterocycles. The van der Waals surface area contributed by atoms with Gasteiger partial charge in [0.05, 0.1) is 0 Å². The van der Waals surface area contributed by atoms with E-state index in [0.717, 1.165) is 10.8 Å². The Morgan fingerprint density at radius 2 is 1.62 bits per heavy atom. The van der Waals surface area contributed by atoms with Crippen LogP contribution >= 0.6 is 0 Å². The van der Waals surface area contributed by atoms with Gasteiger partial charge in [0.2, 0.25) is 5.91 Å². The molecule has 4 N–H and O–H groups in total. The van der Waals surface area contributed by atoms with Crippen LogP contribution in [0.1, 0.15) is 43.5 Å². The predicted molar refractivity (Wildman–Crippen MR) is 175 cm³/mol. The summed E-state index contributed by atoms with van der Waals surface area (Å²) in [6.45, 7) is 10.6. The minimum Gasteiger partial charge on any atom is -0.508 e. The first-order valence-corrected chi connectivity index (χ1v) is 14.6. The van der Waals surface area contributed by atoms with Gasteiger partial charge in [0.25, 0.3) is 5.91 Å². The van der Waals surface area contributed by atoms with E-state index in [2.05, 4.69) is 17.2 Å². The number of benzene rings is 4. The van der Waals surface area contributed by atoms with E-state index < -0.39 is 35.6 Å². The summed E-state index contributed by atoms with van der Waals surface area (Å²) >= 11 is 0. The van der Waals surface area contributed by atoms with Crippen LogP contribution < -0.4 is 10.6 Å². The van der Waals surface area contributed by atoms with E-state index in [9.17, 15) is 24.6 Å². The molecule has 4 aromatic rings. The number of hydrogen-bond donors (Lipinski definition) is 4. The zero-order valence-electron chi connectivity index (χ0n) is 25.9. The van der Waals surface area contributed by atoms with Gasteiger partial charge in [0.15, 0.2) is 0 Å². The summed E-state index contributed by atoms with van der Waals surface area (Å²) in [5.41, 5.74) is 1.37. The van der Waals surface area contributed by atoms with E-state index in [1.165, 1.54) is 29.2 Å². The van der Waals surface area contributed by atoms with Crippen molar-refractivity contribution in [3.05, 3.63) is 114 Å². The third-order valence-corrected chi connectivity index (χ3v) is 7.09. The summed E-state index contributed by atoms with van der Waals surface area (Å²) in [7, 11) is 0. The van der Waals surface area contributed by atoms with Crippen LogP contribution in [0.4, 0.5) is 10.5 Å². The van der Waals surface area contributed by atoms with Crippen molar-refractivity contribution in [2.75, 3.05) is 11.9 Å². The van der Waals surface area contributed by atoms with Crippen molar-refractivity contribution >= 4 is 34.4 Å². The van der Waals surface area contributed by atoms with Crippen molar-refractivity contribution in [3.8, 4) is 11.5 Å². The van der Waals surface area contributed by atoms with Gasteiger partial charge >= 0.3 is 6.09 Å². The molecule has 0 saturated heterocycles. The molecule has 0 aliphatic rings. The van der Waals surface area contributed by atoms with Crippen LogP contribution in [-0.2, 0) is 20.7 Å². The predicted octanol–water partition coefficient (Wildman–Crippen LogP) is 6.39. The number of rotatable bonds is 10. The molecule has 4 aromatic carbocycles. The second-order valence-corrected chi connectivity index (χ2v) is 11.8. The summed E-state index contributed by atoms with van der Waals surface area (Å²) in [6, 6.07) is 22.0. The second kappa shape index (κ2) is 14.0. The van der Waals surface area contributed by atoms with Crippen molar-refractivity contribution in [1.29, 1.82) is 0 Å². The molecule has 45 heavy (non-hydrogen) atoms. The molecule has 3 amide bonds. The average molecular weight is 610 g/mol. The monoisotopic (exact) mass is 609 g/mol. The van der Waals surface area contributed by atoms with Crippen LogP contribution in [0.3, 0.4) is 0 Å². The Hall–Kier alpha value is -5.31. The smallest absolute Gasteiger partial charge is 0.408 e. The molecule has 234 valence electrons. The first-order chi connectivity index (χ1) is 21.3. The normalized spacial score (nSPS) is 12.5. The van der Waals surface area contributed by atoms with Gasteiger partial charge in [-0.1, -0.05) is 54.6 Å². The van der Waals surface area contributed by atoms with Crippen molar-refractivity contribution in [3.63, 3.8) is 0 Å². The van der Waals surface area contributed by atoms with Crippen molar-refractivity contribution in [2.45, 2.75) is 51.8 Å². The Labute approximate surface area is 263 Å². The molecule has 0 fully saturated rings. The van der Waals surface area contributed by atoms with Gasteiger partial charge in [-0.3, -0.25) is 9.59 Å². The quantitative estimate of drug-likeness (QED) is 0.154. The first kappa shape index (κ1) is 32.6. The Balaban J connectivity index is 1.75. The standard InChI is InChI=1S/C36H39N3O6/c1-6-19-39(34(43)30(38-35(44)45-36(3,4)5)21-24-11-16-29(40)17-12-24)32(27-14-18-31(41)23(2)20-27)33(42)37-28-15-13-25-9-7-8-10-26(25)22-28/h6-18,20,22,30,32,40-41H,1,19,21H2,2-5H3,(H,37,42)(H,38,44). The van der Waals surface area contributed by atoms with E-state index in [-0.39, 0.29) is 24.5 Å². The second-order valence-electron chi connectivity index (χ2n) is 11.8. The number of phenols is 2. The van der Waals surface area contributed by atoms with Crippen LogP contribution in [0.2, 0.25) is 0 Å². The molecular formula is C36H39N3O6. The number of aromatic hydroxyl groups is 2. The average Bonchev–Trinajstić information content (AvgIpc) is 2.98. The molecule has 0 spiro atoms. The Kier molecular flexibility index (Phi) is 10.1. The Morgan fingerprint density at radius 1 is 0.933 bits per heavy atom. The molecule has 0 aromatic heterocycles. The van der Waals surface area contributed by atoms with E-state index >= 15 is 0 Å². The Bertz CT molecular complexity index is 1690. The van der Waals surface area contributed by atoms with Gasteiger partial charge in [0, 0.05) is 18.7 Å². The number of alkyl carbamates (subject to hydrolysis) is 1. The zero-order chi connectivity index (χ0) is 32.7. The number of amides is 3. The molecule has 2 unspecified atom stereocenters. The molecule has 9 nitrogen and oxygen atoms in total.